The minimum Gasteiger partial charge on any atom is -0.497 e. The summed E-state index contributed by atoms with van der Waals surface area (Å²) in [4.78, 5) is 11.0. The van der Waals surface area contributed by atoms with E-state index in [9.17, 15) is 4.79 Å². The summed E-state index contributed by atoms with van der Waals surface area (Å²) in [6.07, 6.45) is 0. The third-order valence-corrected chi connectivity index (χ3v) is 2.08. The normalized spacial score (nSPS) is 9.62. The van der Waals surface area contributed by atoms with Crippen molar-refractivity contribution in [1.82, 2.24) is 0 Å². The molecule has 0 spiro atoms. The number of carbonyl (C=O) groups is 1. The molecule has 0 atom stereocenters. The summed E-state index contributed by atoms with van der Waals surface area (Å²) >= 11 is 0. The first kappa shape index (κ1) is 12.1. The molecule has 1 rings (SSSR count). The lowest BCUT2D eigenvalue weighted by Crippen LogP contribution is -2.03. The van der Waals surface area contributed by atoms with Crippen LogP contribution in [0.2, 0.25) is 0 Å². The Hall–Kier alpha value is -1.97. The first-order chi connectivity index (χ1) is 7.60. The van der Waals surface area contributed by atoms with Crippen molar-refractivity contribution in [2.75, 3.05) is 13.7 Å². The molecule has 0 radical (unpaired) electrons. The van der Waals surface area contributed by atoms with E-state index in [1.165, 1.54) is 13.2 Å². The second-order valence-corrected chi connectivity index (χ2v) is 3.07. The Kier molecular flexibility index (Phi) is 3.94. The lowest BCUT2D eigenvalue weighted by Gasteiger charge is -2.11. The zero-order chi connectivity index (χ0) is 12.1. The monoisotopic (exact) mass is 222 g/mol. The molecule has 1 aromatic carbocycles. The van der Waals surface area contributed by atoms with E-state index >= 15 is 0 Å². The molecule has 0 unspecified atom stereocenters. The van der Waals surface area contributed by atoms with Gasteiger partial charge in [0.2, 0.25) is 0 Å². The van der Waals surface area contributed by atoms with Crippen molar-refractivity contribution in [3.05, 3.63) is 35.9 Å². The number of rotatable bonds is 5. The van der Waals surface area contributed by atoms with Crippen LogP contribution in [0.5, 0.6) is 5.75 Å². The molecule has 4 nitrogen and oxygen atoms in total. The summed E-state index contributed by atoms with van der Waals surface area (Å²) in [5.74, 6) is -0.192. The number of carboxylic acids is 1. The van der Waals surface area contributed by atoms with Crippen LogP contribution >= 0.6 is 0 Å². The number of benzene rings is 1. The molecule has 0 aliphatic heterocycles. The molecule has 16 heavy (non-hydrogen) atoms. The molecule has 0 fully saturated rings. The van der Waals surface area contributed by atoms with Crippen molar-refractivity contribution in [3.8, 4) is 5.75 Å². The highest BCUT2D eigenvalue weighted by Gasteiger charge is 2.14. The van der Waals surface area contributed by atoms with Gasteiger partial charge in [-0.1, -0.05) is 6.58 Å². The Labute approximate surface area is 94.1 Å². The molecule has 0 heterocycles. The highest BCUT2D eigenvalue weighted by Crippen LogP contribution is 2.23. The predicted molar refractivity (Wildman–Crippen MR) is 60.6 cm³/mol. The Bertz CT molecular complexity index is 409. The zero-order valence-corrected chi connectivity index (χ0v) is 9.32. The Balaban J connectivity index is 3.17. The highest BCUT2D eigenvalue weighted by molar-refractivity contribution is 5.93. The van der Waals surface area contributed by atoms with Crippen molar-refractivity contribution in [2.24, 2.45) is 0 Å². The molecule has 1 N–H and O–H groups in total. The number of hydrogen-bond donors (Lipinski definition) is 1. The van der Waals surface area contributed by atoms with Gasteiger partial charge in [-0.15, -0.1) is 0 Å². The molecule has 0 bridgehead atoms. The van der Waals surface area contributed by atoms with Gasteiger partial charge in [0.15, 0.2) is 0 Å². The molecule has 0 aliphatic carbocycles. The van der Waals surface area contributed by atoms with E-state index in [-0.39, 0.29) is 5.56 Å². The lowest BCUT2D eigenvalue weighted by atomic mass is 10.1. The van der Waals surface area contributed by atoms with Gasteiger partial charge in [-0.05, 0) is 25.1 Å². The number of ether oxygens (including phenoxy) is 2. The first-order valence-corrected chi connectivity index (χ1v) is 4.83. The number of hydrogen-bond acceptors (Lipinski definition) is 3. The van der Waals surface area contributed by atoms with E-state index in [0.29, 0.717) is 23.7 Å². The van der Waals surface area contributed by atoms with Gasteiger partial charge >= 0.3 is 5.97 Å². The van der Waals surface area contributed by atoms with E-state index in [0.717, 1.165) is 0 Å². The van der Waals surface area contributed by atoms with Crippen LogP contribution in [0.25, 0.3) is 5.76 Å². The third kappa shape index (κ3) is 2.53. The van der Waals surface area contributed by atoms with Gasteiger partial charge in [-0.2, -0.15) is 0 Å². The van der Waals surface area contributed by atoms with Crippen molar-refractivity contribution in [2.45, 2.75) is 6.92 Å². The van der Waals surface area contributed by atoms with Gasteiger partial charge in [0.05, 0.1) is 19.3 Å². The van der Waals surface area contributed by atoms with Crippen molar-refractivity contribution in [3.63, 3.8) is 0 Å². The van der Waals surface area contributed by atoms with Crippen LogP contribution in [0.4, 0.5) is 0 Å². The first-order valence-electron chi connectivity index (χ1n) is 4.83. The summed E-state index contributed by atoms with van der Waals surface area (Å²) in [5.41, 5.74) is 0.591. The van der Waals surface area contributed by atoms with Gasteiger partial charge in [-0.25, -0.2) is 4.79 Å². The second kappa shape index (κ2) is 5.21. The summed E-state index contributed by atoms with van der Waals surface area (Å²) in [6, 6.07) is 4.74. The summed E-state index contributed by atoms with van der Waals surface area (Å²) in [6.45, 7) is 5.95. The van der Waals surface area contributed by atoms with Gasteiger partial charge < -0.3 is 14.6 Å². The molecule has 0 aromatic heterocycles. The average Bonchev–Trinajstić information content (AvgIpc) is 2.28. The Morgan fingerprint density at radius 2 is 2.12 bits per heavy atom. The largest absolute Gasteiger partial charge is 0.497 e. The molecular formula is C12H14O4. The van der Waals surface area contributed by atoms with Crippen molar-refractivity contribution in [1.29, 1.82) is 0 Å². The van der Waals surface area contributed by atoms with E-state index < -0.39 is 5.97 Å². The molecular weight excluding hydrogens is 208 g/mol. The summed E-state index contributed by atoms with van der Waals surface area (Å²) < 4.78 is 10.2. The van der Waals surface area contributed by atoms with Crippen LogP contribution < -0.4 is 4.74 Å². The smallest absolute Gasteiger partial charge is 0.336 e. The zero-order valence-electron chi connectivity index (χ0n) is 9.32. The van der Waals surface area contributed by atoms with Gasteiger partial charge in [0, 0.05) is 5.56 Å². The molecule has 0 saturated heterocycles. The maximum absolute atomic E-state index is 11.0. The fourth-order valence-corrected chi connectivity index (χ4v) is 1.32. The van der Waals surface area contributed by atoms with Crippen LogP contribution in [0.1, 0.15) is 22.8 Å². The fraction of sp³-hybridized carbons (Fsp3) is 0.250. The number of carboxylic acid groups (broad SMARTS) is 1. The SMILES string of the molecule is C=C(OCC)c1ccc(OC)cc1C(=O)O. The topological polar surface area (TPSA) is 55.8 Å². The summed E-state index contributed by atoms with van der Waals surface area (Å²) in [7, 11) is 1.48. The molecule has 0 aliphatic rings. The van der Waals surface area contributed by atoms with E-state index in [2.05, 4.69) is 6.58 Å². The van der Waals surface area contributed by atoms with Gasteiger partial charge in [-0.3, -0.25) is 0 Å². The minimum absolute atomic E-state index is 0.123. The van der Waals surface area contributed by atoms with Crippen molar-refractivity contribution < 1.29 is 19.4 Å². The molecule has 4 heteroatoms. The van der Waals surface area contributed by atoms with E-state index in [1.54, 1.807) is 12.1 Å². The maximum atomic E-state index is 11.0. The van der Waals surface area contributed by atoms with E-state index in [1.807, 2.05) is 6.92 Å². The van der Waals surface area contributed by atoms with Crippen LogP contribution in [0.3, 0.4) is 0 Å². The maximum Gasteiger partial charge on any atom is 0.336 e. The quantitative estimate of drug-likeness (QED) is 0.777. The highest BCUT2D eigenvalue weighted by atomic mass is 16.5. The fourth-order valence-electron chi connectivity index (χ4n) is 1.32. The summed E-state index contributed by atoms with van der Waals surface area (Å²) in [5, 5.41) is 9.05. The van der Waals surface area contributed by atoms with E-state index in [4.69, 9.17) is 14.6 Å². The van der Waals surface area contributed by atoms with Crippen LogP contribution in [-0.2, 0) is 4.74 Å². The third-order valence-electron chi connectivity index (χ3n) is 2.08. The number of methoxy groups -OCH3 is 1. The molecule has 1 aromatic rings. The van der Waals surface area contributed by atoms with Crippen LogP contribution in [-0.4, -0.2) is 24.8 Å². The van der Waals surface area contributed by atoms with Crippen LogP contribution in [0, 0.1) is 0 Å². The van der Waals surface area contributed by atoms with Crippen LogP contribution in [0.15, 0.2) is 24.8 Å². The molecule has 0 amide bonds. The lowest BCUT2D eigenvalue weighted by molar-refractivity contribution is 0.0695. The number of aromatic carboxylic acids is 1. The standard InChI is InChI=1S/C12H14O4/c1-4-16-8(2)10-6-5-9(15-3)7-11(10)12(13)14/h5-7H,2,4H2,1,3H3,(H,13,14). The molecule has 86 valence electrons. The van der Waals surface area contributed by atoms with Gasteiger partial charge in [0.25, 0.3) is 0 Å². The van der Waals surface area contributed by atoms with Gasteiger partial charge in [0.1, 0.15) is 11.5 Å². The van der Waals surface area contributed by atoms with Crippen molar-refractivity contribution >= 4 is 11.7 Å². The minimum atomic E-state index is -1.03. The molecule has 0 saturated carbocycles. The average molecular weight is 222 g/mol. The second-order valence-electron chi connectivity index (χ2n) is 3.07. The Morgan fingerprint density at radius 1 is 1.44 bits per heavy atom. The Morgan fingerprint density at radius 3 is 2.62 bits per heavy atom. The predicted octanol–water partition coefficient (Wildman–Crippen LogP) is 2.40.